The van der Waals surface area contributed by atoms with Crippen molar-refractivity contribution in [3.8, 4) is 5.75 Å². The molecule has 162 valence electrons. The molecule has 0 aliphatic carbocycles. The van der Waals surface area contributed by atoms with Crippen LogP contribution in [0.4, 0.5) is 19.6 Å². The second-order valence-corrected chi connectivity index (χ2v) is 7.95. The first kappa shape index (κ1) is 21.0. The average Bonchev–Trinajstić information content (AvgIpc) is 3.29. The van der Waals surface area contributed by atoms with E-state index in [1.54, 1.807) is 12.5 Å². The van der Waals surface area contributed by atoms with Gasteiger partial charge in [0, 0.05) is 61.5 Å². The molecule has 4 rings (SSSR count). The summed E-state index contributed by atoms with van der Waals surface area (Å²) in [5.41, 5.74) is 1.63. The Morgan fingerprint density at radius 2 is 1.90 bits per heavy atom. The molecule has 1 fully saturated rings. The van der Waals surface area contributed by atoms with Crippen LogP contribution in [0.15, 0.2) is 47.8 Å². The Labute approximate surface area is 183 Å². The Morgan fingerprint density at radius 1 is 1.13 bits per heavy atom. The van der Waals surface area contributed by atoms with Gasteiger partial charge in [-0.25, -0.2) is 13.8 Å². The molecule has 0 spiro atoms. The summed E-state index contributed by atoms with van der Waals surface area (Å²) >= 11 is 1.41. The lowest BCUT2D eigenvalue weighted by atomic mass is 10.2. The number of halogens is 2. The van der Waals surface area contributed by atoms with E-state index in [0.29, 0.717) is 0 Å². The van der Waals surface area contributed by atoms with Crippen molar-refractivity contribution in [2.24, 2.45) is 0 Å². The second-order valence-electron chi connectivity index (χ2n) is 7.11. The number of hydrogen-bond donors (Lipinski definition) is 1. The van der Waals surface area contributed by atoms with Gasteiger partial charge < -0.3 is 19.9 Å². The fourth-order valence-electron chi connectivity index (χ4n) is 3.41. The van der Waals surface area contributed by atoms with Crippen LogP contribution in [0.1, 0.15) is 16.1 Å². The zero-order chi connectivity index (χ0) is 21.8. The molecule has 0 bridgehead atoms. The number of amides is 1. The molecule has 3 aromatic rings. The molecular weight excluding hydrogens is 422 g/mol. The number of ether oxygens (including phenoxy) is 1. The first-order valence-corrected chi connectivity index (χ1v) is 10.7. The SMILES string of the molecule is COc1cccc(N2CCN(c3nc(C(=O)NCc4ccc(F)cc4F)cs3)CC2)c1. The van der Waals surface area contributed by atoms with E-state index in [-0.39, 0.29) is 23.7 Å². The van der Waals surface area contributed by atoms with E-state index in [9.17, 15) is 13.6 Å². The zero-order valence-electron chi connectivity index (χ0n) is 17.0. The molecule has 1 aliphatic rings. The Kier molecular flexibility index (Phi) is 6.31. The summed E-state index contributed by atoms with van der Waals surface area (Å²) in [6, 6.07) is 11.3. The van der Waals surface area contributed by atoms with Gasteiger partial charge in [-0.15, -0.1) is 11.3 Å². The molecule has 6 nitrogen and oxygen atoms in total. The van der Waals surface area contributed by atoms with Crippen molar-refractivity contribution in [2.45, 2.75) is 6.54 Å². The quantitative estimate of drug-likeness (QED) is 0.629. The summed E-state index contributed by atoms with van der Waals surface area (Å²) in [7, 11) is 1.66. The molecule has 0 unspecified atom stereocenters. The normalized spacial score (nSPS) is 13.9. The van der Waals surface area contributed by atoms with E-state index in [1.165, 1.54) is 17.4 Å². The number of nitrogens with one attached hydrogen (secondary N) is 1. The third-order valence-corrected chi connectivity index (χ3v) is 6.05. The van der Waals surface area contributed by atoms with Crippen molar-refractivity contribution in [3.63, 3.8) is 0 Å². The van der Waals surface area contributed by atoms with Gasteiger partial charge in [-0.05, 0) is 18.2 Å². The highest BCUT2D eigenvalue weighted by Gasteiger charge is 2.21. The number of benzene rings is 2. The van der Waals surface area contributed by atoms with Crippen molar-refractivity contribution in [1.82, 2.24) is 10.3 Å². The highest BCUT2D eigenvalue weighted by Crippen LogP contribution is 2.26. The summed E-state index contributed by atoms with van der Waals surface area (Å²) in [6.45, 7) is 3.20. The standard InChI is InChI=1S/C22H22F2N4O2S/c1-30-18-4-2-3-17(12-18)27-7-9-28(10-8-27)22-26-20(14-31-22)21(29)25-13-15-5-6-16(23)11-19(15)24/h2-6,11-12,14H,7-10,13H2,1H3,(H,25,29). The van der Waals surface area contributed by atoms with E-state index in [4.69, 9.17) is 4.74 Å². The Morgan fingerprint density at radius 3 is 2.65 bits per heavy atom. The number of piperazine rings is 1. The van der Waals surface area contributed by atoms with Gasteiger partial charge in [0.1, 0.15) is 23.1 Å². The van der Waals surface area contributed by atoms with Gasteiger partial charge in [-0.2, -0.15) is 0 Å². The molecule has 1 N–H and O–H groups in total. The number of rotatable bonds is 6. The Balaban J connectivity index is 1.33. The molecular formula is C22H22F2N4O2S. The van der Waals surface area contributed by atoms with Crippen LogP contribution in [0.5, 0.6) is 5.75 Å². The van der Waals surface area contributed by atoms with Gasteiger partial charge in [0.15, 0.2) is 5.13 Å². The van der Waals surface area contributed by atoms with Crippen molar-refractivity contribution in [2.75, 3.05) is 43.1 Å². The van der Waals surface area contributed by atoms with Crippen LogP contribution in [0.3, 0.4) is 0 Å². The van der Waals surface area contributed by atoms with E-state index >= 15 is 0 Å². The minimum atomic E-state index is -0.687. The lowest BCUT2D eigenvalue weighted by Gasteiger charge is -2.36. The summed E-state index contributed by atoms with van der Waals surface area (Å²) in [5.74, 6) is -0.895. The van der Waals surface area contributed by atoms with Crippen LogP contribution in [-0.2, 0) is 6.54 Å². The van der Waals surface area contributed by atoms with Crippen LogP contribution >= 0.6 is 11.3 Å². The highest BCUT2D eigenvalue weighted by atomic mass is 32.1. The van der Waals surface area contributed by atoms with Gasteiger partial charge in [0.05, 0.1) is 7.11 Å². The molecule has 2 heterocycles. The summed E-state index contributed by atoms with van der Waals surface area (Å²) < 4.78 is 32.0. The van der Waals surface area contributed by atoms with Crippen LogP contribution in [0.25, 0.3) is 0 Å². The number of nitrogens with zero attached hydrogens (tertiary/aromatic N) is 3. The smallest absolute Gasteiger partial charge is 0.271 e. The summed E-state index contributed by atoms with van der Waals surface area (Å²) in [6.07, 6.45) is 0. The lowest BCUT2D eigenvalue weighted by molar-refractivity contribution is 0.0946. The number of methoxy groups -OCH3 is 1. The number of aromatic nitrogens is 1. The lowest BCUT2D eigenvalue weighted by Crippen LogP contribution is -2.46. The maximum absolute atomic E-state index is 13.7. The monoisotopic (exact) mass is 444 g/mol. The number of hydrogen-bond acceptors (Lipinski definition) is 6. The third kappa shape index (κ3) is 4.93. The minimum absolute atomic E-state index is 0.0307. The third-order valence-electron chi connectivity index (χ3n) is 5.15. The van der Waals surface area contributed by atoms with Crippen molar-refractivity contribution >= 4 is 28.1 Å². The molecule has 1 amide bonds. The van der Waals surface area contributed by atoms with Crippen LogP contribution in [-0.4, -0.2) is 44.2 Å². The number of anilines is 2. The van der Waals surface area contributed by atoms with Crippen molar-refractivity contribution in [1.29, 1.82) is 0 Å². The van der Waals surface area contributed by atoms with Crippen molar-refractivity contribution in [3.05, 3.63) is 70.7 Å². The predicted octanol–water partition coefficient (Wildman–Crippen LogP) is 3.69. The van der Waals surface area contributed by atoms with E-state index < -0.39 is 11.6 Å². The van der Waals surface area contributed by atoms with Crippen molar-refractivity contribution < 1.29 is 18.3 Å². The molecule has 2 aromatic carbocycles. The van der Waals surface area contributed by atoms with Crippen LogP contribution in [0, 0.1) is 11.6 Å². The first-order chi connectivity index (χ1) is 15.0. The fraction of sp³-hybridized carbons (Fsp3) is 0.273. The number of thiazole rings is 1. The molecule has 0 atom stereocenters. The van der Waals surface area contributed by atoms with E-state index in [2.05, 4.69) is 26.2 Å². The Hall–Kier alpha value is -3.20. The largest absolute Gasteiger partial charge is 0.497 e. The van der Waals surface area contributed by atoms with E-state index in [0.717, 1.165) is 54.9 Å². The molecule has 0 radical (unpaired) electrons. The van der Waals surface area contributed by atoms with Gasteiger partial charge in [-0.1, -0.05) is 12.1 Å². The zero-order valence-corrected chi connectivity index (χ0v) is 17.8. The van der Waals surface area contributed by atoms with E-state index in [1.807, 2.05) is 18.2 Å². The molecule has 1 aliphatic heterocycles. The van der Waals surface area contributed by atoms with Gasteiger partial charge in [-0.3, -0.25) is 4.79 Å². The first-order valence-electron chi connectivity index (χ1n) is 9.85. The second kappa shape index (κ2) is 9.30. The summed E-state index contributed by atoms with van der Waals surface area (Å²) in [4.78, 5) is 21.3. The molecule has 31 heavy (non-hydrogen) atoms. The maximum Gasteiger partial charge on any atom is 0.271 e. The highest BCUT2D eigenvalue weighted by molar-refractivity contribution is 7.13. The minimum Gasteiger partial charge on any atom is -0.497 e. The van der Waals surface area contributed by atoms with Gasteiger partial charge in [0.2, 0.25) is 0 Å². The fourth-order valence-corrected chi connectivity index (χ4v) is 4.27. The molecule has 1 aromatic heterocycles. The number of carbonyl (C=O) groups is 1. The molecule has 9 heteroatoms. The van der Waals surface area contributed by atoms with Gasteiger partial charge >= 0.3 is 0 Å². The van der Waals surface area contributed by atoms with Crippen LogP contribution in [0.2, 0.25) is 0 Å². The maximum atomic E-state index is 13.7. The van der Waals surface area contributed by atoms with Crippen LogP contribution < -0.4 is 19.9 Å². The Bertz CT molecular complexity index is 1070. The average molecular weight is 445 g/mol. The number of carbonyl (C=O) groups excluding carboxylic acids is 1. The molecule has 0 saturated carbocycles. The summed E-state index contributed by atoms with van der Waals surface area (Å²) in [5, 5.41) is 5.11. The topological polar surface area (TPSA) is 57.7 Å². The predicted molar refractivity (Wildman–Crippen MR) is 117 cm³/mol. The van der Waals surface area contributed by atoms with Gasteiger partial charge in [0.25, 0.3) is 5.91 Å². The molecule has 1 saturated heterocycles.